The number of nitrogens with two attached hydrogens (primary N) is 2. The lowest BCUT2D eigenvalue weighted by Gasteiger charge is -2.21. The predicted molar refractivity (Wildman–Crippen MR) is 166 cm³/mol. The third-order valence-corrected chi connectivity index (χ3v) is 6.50. The highest BCUT2D eigenvalue weighted by molar-refractivity contribution is 5.96. The molecular formula is C30H46N8O2. The fourth-order valence-corrected chi connectivity index (χ4v) is 4.34. The second kappa shape index (κ2) is 15.6. The standard InChI is InChI=1S/C30H46N8O2/c1-7-38(13-12-34-11-10-31)28(33)9-8-20(4)23-15-24(25(17-32)27(16-23)36-19(2)3)29(39)35-18-26-21(5)14-22(6)37-30(26)40/h8-9,14-17,19,33-34,36H,7,10-13,18,31-32H2,1-6H3,(H,35,39)(H,37,40). The van der Waals surface area contributed by atoms with E-state index < -0.39 is 0 Å². The van der Waals surface area contributed by atoms with Gasteiger partial charge in [0.05, 0.1) is 5.56 Å². The number of amides is 1. The van der Waals surface area contributed by atoms with Crippen molar-refractivity contribution in [2.45, 2.75) is 54.1 Å². The topological polar surface area (TPSA) is 165 Å². The van der Waals surface area contributed by atoms with Gasteiger partial charge in [0.2, 0.25) is 0 Å². The molecule has 9 N–H and O–H groups in total. The molecule has 0 aliphatic rings. The number of amidine groups is 1. The number of aromatic amines is 1. The molecule has 10 heteroatoms. The van der Waals surface area contributed by atoms with Gasteiger partial charge in [0.1, 0.15) is 5.84 Å². The van der Waals surface area contributed by atoms with E-state index in [2.05, 4.69) is 20.9 Å². The van der Waals surface area contributed by atoms with Crippen molar-refractivity contribution < 1.29 is 4.79 Å². The van der Waals surface area contributed by atoms with E-state index in [0.717, 1.165) is 40.8 Å². The molecule has 0 saturated heterocycles. The molecule has 0 aliphatic carbocycles. The zero-order valence-corrected chi connectivity index (χ0v) is 24.7. The van der Waals surface area contributed by atoms with Crippen molar-refractivity contribution in [3.63, 3.8) is 0 Å². The lowest BCUT2D eigenvalue weighted by Crippen LogP contribution is -2.36. The third-order valence-electron chi connectivity index (χ3n) is 6.50. The van der Waals surface area contributed by atoms with Crippen molar-refractivity contribution in [1.82, 2.24) is 20.5 Å². The molecule has 0 fully saturated rings. The quantitative estimate of drug-likeness (QED) is 0.111. The summed E-state index contributed by atoms with van der Waals surface area (Å²) in [5.41, 5.74) is 15.4. The summed E-state index contributed by atoms with van der Waals surface area (Å²) in [6.07, 6.45) is 5.08. The van der Waals surface area contributed by atoms with Crippen LogP contribution in [0.3, 0.4) is 0 Å². The molecular weight excluding hydrogens is 504 g/mol. The van der Waals surface area contributed by atoms with E-state index in [4.69, 9.17) is 16.9 Å². The van der Waals surface area contributed by atoms with Gasteiger partial charge in [-0.2, -0.15) is 0 Å². The number of aromatic nitrogens is 1. The van der Waals surface area contributed by atoms with Crippen LogP contribution in [0.15, 0.2) is 35.1 Å². The molecule has 0 saturated carbocycles. The Morgan fingerprint density at radius 3 is 2.50 bits per heavy atom. The van der Waals surface area contributed by atoms with Crippen LogP contribution in [0.1, 0.15) is 54.9 Å². The van der Waals surface area contributed by atoms with Gasteiger partial charge in [-0.25, -0.2) is 0 Å². The molecule has 2 aromatic rings. The Morgan fingerprint density at radius 1 is 1.18 bits per heavy atom. The van der Waals surface area contributed by atoms with E-state index in [1.807, 2.05) is 64.7 Å². The molecule has 0 radical (unpaired) electrons. The average molecular weight is 551 g/mol. The summed E-state index contributed by atoms with van der Waals surface area (Å²) >= 11 is 0. The largest absolute Gasteiger partial charge is 0.404 e. The van der Waals surface area contributed by atoms with Crippen molar-refractivity contribution in [3.05, 3.63) is 73.5 Å². The molecule has 1 aromatic carbocycles. The highest BCUT2D eigenvalue weighted by atomic mass is 16.1. The minimum atomic E-state index is -0.337. The van der Waals surface area contributed by atoms with Crippen LogP contribution in [0.5, 0.6) is 0 Å². The van der Waals surface area contributed by atoms with E-state index in [0.29, 0.717) is 41.8 Å². The first-order valence-corrected chi connectivity index (χ1v) is 13.8. The third kappa shape index (κ3) is 9.10. The zero-order valence-electron chi connectivity index (χ0n) is 24.7. The Labute approximate surface area is 237 Å². The number of nitrogens with zero attached hydrogens (tertiary/aromatic N) is 1. The molecule has 1 aromatic heterocycles. The molecule has 1 heterocycles. The summed E-state index contributed by atoms with van der Waals surface area (Å²) in [5, 5.41) is 19.5. The minimum absolute atomic E-state index is 0.0915. The molecule has 0 aliphatic heterocycles. The fourth-order valence-electron chi connectivity index (χ4n) is 4.34. The average Bonchev–Trinajstić information content (AvgIpc) is 2.90. The molecule has 1 amide bonds. The Hall–Kier alpha value is -3.89. The zero-order chi connectivity index (χ0) is 29.8. The molecule has 0 bridgehead atoms. The van der Waals surface area contributed by atoms with Crippen molar-refractivity contribution in [2.24, 2.45) is 11.5 Å². The number of pyridine rings is 1. The van der Waals surface area contributed by atoms with E-state index in [1.54, 1.807) is 12.1 Å². The van der Waals surface area contributed by atoms with Gasteiger partial charge in [0.25, 0.3) is 11.5 Å². The highest BCUT2D eigenvalue weighted by Crippen LogP contribution is 2.07. The number of nitrogens with one attached hydrogen (secondary N) is 5. The number of benzene rings is 1. The van der Waals surface area contributed by atoms with Crippen LogP contribution >= 0.6 is 0 Å². The summed E-state index contributed by atoms with van der Waals surface area (Å²) in [6, 6.07) is 5.74. The molecule has 0 spiro atoms. The number of carbonyl (C=O) groups excluding carboxylic acids is 1. The van der Waals surface area contributed by atoms with Gasteiger partial charge in [-0.05, 0) is 82.2 Å². The summed E-state index contributed by atoms with van der Waals surface area (Å²) in [4.78, 5) is 30.6. The number of hydrogen-bond donors (Lipinski definition) is 7. The van der Waals surface area contributed by atoms with Crippen molar-refractivity contribution >= 4 is 29.2 Å². The molecule has 40 heavy (non-hydrogen) atoms. The van der Waals surface area contributed by atoms with Gasteiger partial charge in [-0.3, -0.25) is 15.0 Å². The lowest BCUT2D eigenvalue weighted by atomic mass is 10.0. The first kappa shape index (κ1) is 32.3. The normalized spacial score (nSPS) is 12.7. The number of allylic oxidation sites excluding steroid dienone is 1. The van der Waals surface area contributed by atoms with Crippen LogP contribution < -0.4 is 43.4 Å². The van der Waals surface area contributed by atoms with Crippen LogP contribution in [0, 0.1) is 19.3 Å². The maximum absolute atomic E-state index is 13.4. The second-order valence-electron chi connectivity index (χ2n) is 10.1. The Bertz CT molecular complexity index is 1390. The van der Waals surface area contributed by atoms with Crippen molar-refractivity contribution in [3.8, 4) is 0 Å². The Balaban J connectivity index is 2.44. The van der Waals surface area contributed by atoms with Gasteiger partial charge in [-0.1, -0.05) is 6.08 Å². The minimum Gasteiger partial charge on any atom is -0.404 e. The maximum Gasteiger partial charge on any atom is 0.253 e. The summed E-state index contributed by atoms with van der Waals surface area (Å²) in [7, 11) is 0. The predicted octanol–water partition coefficient (Wildman–Crippen LogP) is 1.01. The number of anilines is 1. The maximum atomic E-state index is 13.4. The van der Waals surface area contributed by atoms with Crippen LogP contribution in [0.4, 0.5) is 5.69 Å². The first-order valence-electron chi connectivity index (χ1n) is 13.8. The van der Waals surface area contributed by atoms with Gasteiger partial charge in [0.15, 0.2) is 0 Å². The number of aryl methyl sites for hydroxylation is 2. The van der Waals surface area contributed by atoms with Crippen LogP contribution in [0.2, 0.25) is 0 Å². The van der Waals surface area contributed by atoms with E-state index in [9.17, 15) is 9.59 Å². The Kier molecular flexibility index (Phi) is 12.6. The van der Waals surface area contributed by atoms with E-state index >= 15 is 0 Å². The smallest absolute Gasteiger partial charge is 0.253 e. The van der Waals surface area contributed by atoms with Crippen molar-refractivity contribution in [2.75, 3.05) is 38.0 Å². The van der Waals surface area contributed by atoms with Crippen molar-refractivity contribution in [1.29, 1.82) is 5.41 Å². The fraction of sp³-hybridized carbons (Fsp3) is 0.433. The highest BCUT2D eigenvalue weighted by Gasteiger charge is 2.14. The summed E-state index contributed by atoms with van der Waals surface area (Å²) in [6.45, 7) is 15.2. The van der Waals surface area contributed by atoms with Crippen LogP contribution in [-0.4, -0.2) is 60.4 Å². The molecule has 10 nitrogen and oxygen atoms in total. The van der Waals surface area contributed by atoms with Crippen LogP contribution in [-0.2, 0) is 6.54 Å². The first-order chi connectivity index (χ1) is 19.0. The van der Waals surface area contributed by atoms with E-state index in [1.165, 1.54) is 6.20 Å². The second-order valence-corrected chi connectivity index (χ2v) is 10.1. The SMILES string of the molecule is CCN(CCNCCN)C(=N)C=CC(C)=c1cc(NC(C)C)c(=CN)c(C(=O)NCc2c(C)cc(C)[nH]c2=O)c1. The monoisotopic (exact) mass is 550 g/mol. The Morgan fingerprint density at radius 2 is 1.90 bits per heavy atom. The lowest BCUT2D eigenvalue weighted by molar-refractivity contribution is 0.0949. The number of H-pyrrole nitrogens is 1. The van der Waals surface area contributed by atoms with Gasteiger partial charge < -0.3 is 37.3 Å². The molecule has 0 atom stereocenters. The molecule has 0 unspecified atom stereocenters. The summed E-state index contributed by atoms with van der Waals surface area (Å²) < 4.78 is 0. The number of hydrogen-bond acceptors (Lipinski definition) is 7. The van der Waals surface area contributed by atoms with Gasteiger partial charge in [-0.15, -0.1) is 0 Å². The number of rotatable bonds is 13. The van der Waals surface area contributed by atoms with Crippen LogP contribution in [0.25, 0.3) is 11.8 Å². The van der Waals surface area contributed by atoms with Gasteiger partial charge in [0, 0.05) is 73.7 Å². The molecule has 218 valence electrons. The summed E-state index contributed by atoms with van der Waals surface area (Å²) in [5.74, 6) is 0.0666. The van der Waals surface area contributed by atoms with Gasteiger partial charge >= 0.3 is 0 Å². The molecule has 2 rings (SSSR count). The number of likely N-dealkylation sites (N-methyl/N-ethyl adjacent to an activating group) is 1. The van der Waals surface area contributed by atoms with E-state index in [-0.39, 0.29) is 24.1 Å². The number of carbonyl (C=O) groups is 1.